The molecule has 1 aromatic heterocycles. The fraction of sp³-hybridized carbons (Fsp3) is 0.444. The van der Waals surface area contributed by atoms with E-state index in [1.165, 1.54) is 12.3 Å². The third-order valence-electron chi connectivity index (χ3n) is 4.89. The Morgan fingerprint density at radius 2 is 1.54 bits per heavy atom. The second kappa shape index (κ2) is 8.15. The molecule has 10 nitrogen and oxygen atoms in total. The Kier molecular flexibility index (Phi) is 5.27. The summed E-state index contributed by atoms with van der Waals surface area (Å²) in [5, 5.41) is 15.2. The van der Waals surface area contributed by atoms with E-state index in [0.29, 0.717) is 23.4 Å². The van der Waals surface area contributed by atoms with Gasteiger partial charge in [0.1, 0.15) is 0 Å². The summed E-state index contributed by atoms with van der Waals surface area (Å²) >= 11 is 0. The minimum absolute atomic E-state index is 0.000733. The molecule has 0 radical (unpaired) electrons. The van der Waals surface area contributed by atoms with Crippen LogP contribution in [0.4, 0.5) is 23.5 Å². The lowest BCUT2D eigenvalue weighted by molar-refractivity contribution is -0.385. The van der Waals surface area contributed by atoms with E-state index in [1.54, 1.807) is 18.2 Å². The van der Waals surface area contributed by atoms with Gasteiger partial charge in [0, 0.05) is 32.2 Å². The van der Waals surface area contributed by atoms with E-state index in [9.17, 15) is 10.1 Å². The lowest BCUT2D eigenvalue weighted by Crippen LogP contribution is -2.25. The van der Waals surface area contributed by atoms with E-state index in [-0.39, 0.29) is 5.69 Å². The topological polar surface area (TPSA) is 113 Å². The maximum atomic E-state index is 11.1. The van der Waals surface area contributed by atoms with Crippen LogP contribution in [0.1, 0.15) is 31.2 Å². The number of para-hydroxylation sites is 1. The summed E-state index contributed by atoms with van der Waals surface area (Å²) in [6.07, 6.45) is 5.92. The molecule has 2 aliphatic rings. The average Bonchev–Trinajstić information content (AvgIpc) is 3.42. The number of nitrogens with zero attached hydrogens (tertiary/aromatic N) is 7. The highest BCUT2D eigenvalue weighted by Crippen LogP contribution is 2.23. The van der Waals surface area contributed by atoms with E-state index in [4.69, 9.17) is 0 Å². The number of hydrogen-bond donors (Lipinski definition) is 1. The van der Waals surface area contributed by atoms with Crippen molar-refractivity contribution in [2.45, 2.75) is 25.7 Å². The molecule has 0 saturated carbocycles. The van der Waals surface area contributed by atoms with Crippen LogP contribution >= 0.6 is 0 Å². The van der Waals surface area contributed by atoms with Gasteiger partial charge in [0.25, 0.3) is 5.69 Å². The molecule has 2 aromatic rings. The number of benzene rings is 1. The molecule has 2 saturated heterocycles. The van der Waals surface area contributed by atoms with Crippen LogP contribution in [-0.2, 0) is 0 Å². The van der Waals surface area contributed by atoms with Crippen LogP contribution in [0, 0.1) is 10.1 Å². The van der Waals surface area contributed by atoms with E-state index in [2.05, 4.69) is 35.3 Å². The summed E-state index contributed by atoms with van der Waals surface area (Å²) in [6, 6.07) is 6.44. The highest BCUT2D eigenvalue weighted by molar-refractivity contribution is 5.85. The zero-order chi connectivity index (χ0) is 19.3. The second-order valence-electron chi connectivity index (χ2n) is 6.83. The first-order chi connectivity index (χ1) is 13.7. The highest BCUT2D eigenvalue weighted by atomic mass is 16.6. The molecule has 10 heteroatoms. The molecule has 146 valence electrons. The Morgan fingerprint density at radius 1 is 0.964 bits per heavy atom. The van der Waals surface area contributed by atoms with Gasteiger partial charge in [0.05, 0.1) is 16.7 Å². The zero-order valence-corrected chi connectivity index (χ0v) is 15.5. The van der Waals surface area contributed by atoms with Gasteiger partial charge in [-0.3, -0.25) is 10.1 Å². The highest BCUT2D eigenvalue weighted by Gasteiger charge is 2.21. The lowest BCUT2D eigenvalue weighted by atomic mass is 10.2. The first-order valence-corrected chi connectivity index (χ1v) is 9.49. The van der Waals surface area contributed by atoms with Crippen LogP contribution in [0.25, 0.3) is 0 Å². The van der Waals surface area contributed by atoms with Gasteiger partial charge >= 0.3 is 0 Å². The van der Waals surface area contributed by atoms with Crippen LogP contribution < -0.4 is 15.2 Å². The van der Waals surface area contributed by atoms with Gasteiger partial charge in [-0.05, 0) is 31.7 Å². The first kappa shape index (κ1) is 18.1. The van der Waals surface area contributed by atoms with Gasteiger partial charge in [-0.2, -0.15) is 20.1 Å². The lowest BCUT2D eigenvalue weighted by Gasteiger charge is -2.20. The number of rotatable bonds is 6. The van der Waals surface area contributed by atoms with Crippen molar-refractivity contribution < 1.29 is 4.92 Å². The second-order valence-corrected chi connectivity index (χ2v) is 6.83. The molecular weight excluding hydrogens is 360 g/mol. The van der Waals surface area contributed by atoms with Crippen LogP contribution in [0.5, 0.6) is 0 Å². The molecule has 2 fully saturated rings. The number of hydrazone groups is 1. The van der Waals surface area contributed by atoms with Crippen LogP contribution in [0.2, 0.25) is 0 Å². The quantitative estimate of drug-likeness (QED) is 0.460. The Morgan fingerprint density at radius 3 is 2.11 bits per heavy atom. The molecule has 0 spiro atoms. The predicted molar refractivity (Wildman–Crippen MR) is 107 cm³/mol. The minimum Gasteiger partial charge on any atom is -0.341 e. The van der Waals surface area contributed by atoms with Crippen molar-refractivity contribution in [3.8, 4) is 0 Å². The summed E-state index contributed by atoms with van der Waals surface area (Å²) in [4.78, 5) is 28.6. The van der Waals surface area contributed by atoms with Gasteiger partial charge in [-0.25, -0.2) is 5.43 Å². The van der Waals surface area contributed by atoms with Crippen molar-refractivity contribution in [1.82, 2.24) is 15.0 Å². The van der Waals surface area contributed by atoms with Crippen molar-refractivity contribution in [2.24, 2.45) is 5.10 Å². The monoisotopic (exact) mass is 382 g/mol. The predicted octanol–water partition coefficient (Wildman–Crippen LogP) is 2.43. The molecule has 0 bridgehead atoms. The molecule has 1 aromatic carbocycles. The van der Waals surface area contributed by atoms with E-state index < -0.39 is 4.92 Å². The molecule has 28 heavy (non-hydrogen) atoms. The molecule has 0 amide bonds. The number of aromatic nitrogens is 3. The molecule has 4 rings (SSSR count). The number of nitro groups is 1. The molecule has 0 unspecified atom stereocenters. The van der Waals surface area contributed by atoms with E-state index in [1.807, 2.05) is 0 Å². The van der Waals surface area contributed by atoms with Gasteiger partial charge in [-0.15, -0.1) is 0 Å². The smallest absolute Gasteiger partial charge is 0.278 e. The number of nitro benzene ring substituents is 1. The summed E-state index contributed by atoms with van der Waals surface area (Å²) in [5.74, 6) is 1.64. The number of anilines is 3. The summed E-state index contributed by atoms with van der Waals surface area (Å²) < 4.78 is 0. The van der Waals surface area contributed by atoms with E-state index in [0.717, 1.165) is 51.9 Å². The molecular formula is C18H22N8O2. The van der Waals surface area contributed by atoms with Gasteiger partial charge in [0.2, 0.25) is 17.8 Å². The van der Waals surface area contributed by atoms with Crippen LogP contribution in [0.3, 0.4) is 0 Å². The van der Waals surface area contributed by atoms with Crippen molar-refractivity contribution in [3.63, 3.8) is 0 Å². The molecule has 0 atom stereocenters. The van der Waals surface area contributed by atoms with E-state index >= 15 is 0 Å². The normalized spacial score (nSPS) is 16.9. The maximum Gasteiger partial charge on any atom is 0.278 e. The molecule has 0 aliphatic carbocycles. The fourth-order valence-corrected chi connectivity index (χ4v) is 3.44. The van der Waals surface area contributed by atoms with Crippen LogP contribution in [0.15, 0.2) is 29.4 Å². The SMILES string of the molecule is O=[N+]([O-])c1ccccc1C=NNc1nc(N2CCCC2)nc(N2CCCC2)n1. The fourth-order valence-electron chi connectivity index (χ4n) is 3.44. The molecule has 1 N–H and O–H groups in total. The maximum absolute atomic E-state index is 11.1. The average molecular weight is 382 g/mol. The number of hydrogen-bond acceptors (Lipinski definition) is 9. The van der Waals surface area contributed by atoms with Crippen molar-refractivity contribution in [2.75, 3.05) is 41.4 Å². The van der Waals surface area contributed by atoms with Crippen LogP contribution in [-0.4, -0.2) is 52.3 Å². The Balaban J connectivity index is 1.57. The van der Waals surface area contributed by atoms with Gasteiger partial charge in [-0.1, -0.05) is 12.1 Å². The number of nitrogens with one attached hydrogen (secondary N) is 1. The van der Waals surface area contributed by atoms with Crippen molar-refractivity contribution in [1.29, 1.82) is 0 Å². The summed E-state index contributed by atoms with van der Waals surface area (Å²) in [5.41, 5.74) is 3.23. The Bertz CT molecular complexity index is 841. The Hall–Kier alpha value is -3.30. The zero-order valence-electron chi connectivity index (χ0n) is 15.5. The molecule has 3 heterocycles. The van der Waals surface area contributed by atoms with Crippen molar-refractivity contribution >= 4 is 29.7 Å². The Labute approximate surface area is 162 Å². The van der Waals surface area contributed by atoms with Gasteiger partial charge < -0.3 is 9.80 Å². The summed E-state index contributed by atoms with van der Waals surface area (Å²) in [6.45, 7) is 3.73. The van der Waals surface area contributed by atoms with Gasteiger partial charge in [0.15, 0.2) is 0 Å². The van der Waals surface area contributed by atoms with Crippen molar-refractivity contribution in [3.05, 3.63) is 39.9 Å². The third-order valence-corrected chi connectivity index (χ3v) is 4.89. The molecule has 2 aliphatic heterocycles. The third kappa shape index (κ3) is 4.00. The minimum atomic E-state index is -0.429. The standard InChI is InChI=1S/C18H22N8O2/c27-26(28)15-8-2-1-7-14(15)13-19-23-16-20-17(24-9-3-4-10-24)22-18(21-16)25-11-5-6-12-25/h1-2,7-8,13H,3-6,9-12H2,(H,20,21,22,23). The first-order valence-electron chi connectivity index (χ1n) is 9.49. The summed E-state index contributed by atoms with van der Waals surface area (Å²) in [7, 11) is 0. The largest absolute Gasteiger partial charge is 0.341 e.